The molecule has 0 spiro atoms. The van der Waals surface area contributed by atoms with Gasteiger partial charge in [0.15, 0.2) is 6.61 Å². The summed E-state index contributed by atoms with van der Waals surface area (Å²) in [5.74, 6) is 1.22. The van der Waals surface area contributed by atoms with E-state index in [0.717, 1.165) is 22.3 Å². The smallest absolute Gasteiger partial charge is 0.265 e. The van der Waals surface area contributed by atoms with Crippen molar-refractivity contribution < 1.29 is 9.53 Å². The number of nitrogens with zero attached hydrogens (tertiary/aromatic N) is 3. The molecule has 0 atom stereocenters. The van der Waals surface area contributed by atoms with Gasteiger partial charge in [-0.05, 0) is 30.7 Å². The van der Waals surface area contributed by atoms with Crippen LogP contribution in [-0.4, -0.2) is 28.8 Å². The molecule has 1 amide bonds. The minimum Gasteiger partial charge on any atom is -0.482 e. The predicted molar refractivity (Wildman–Crippen MR) is 83.2 cm³/mol. The van der Waals surface area contributed by atoms with Crippen molar-refractivity contribution >= 4 is 33.3 Å². The quantitative estimate of drug-likeness (QED) is 0.915. The van der Waals surface area contributed by atoms with Gasteiger partial charge in [0.05, 0.1) is 5.69 Å². The Morgan fingerprint density at radius 2 is 2.19 bits per heavy atom. The summed E-state index contributed by atoms with van der Waals surface area (Å²) in [6.45, 7) is 1.42. The molecule has 0 bridgehead atoms. The zero-order valence-electron chi connectivity index (χ0n) is 11.3. The highest BCUT2D eigenvalue weighted by molar-refractivity contribution is 9.10. The topological polar surface area (TPSA) is 73.4 Å². The van der Waals surface area contributed by atoms with Gasteiger partial charge in [0.25, 0.3) is 5.91 Å². The number of amides is 1. The van der Waals surface area contributed by atoms with Crippen molar-refractivity contribution in [2.45, 2.75) is 13.0 Å². The van der Waals surface area contributed by atoms with Gasteiger partial charge < -0.3 is 15.4 Å². The van der Waals surface area contributed by atoms with Gasteiger partial charge in [-0.1, -0.05) is 15.9 Å². The van der Waals surface area contributed by atoms with Crippen LogP contribution in [0.15, 0.2) is 34.9 Å². The molecular formula is C14H15BrN4O2. The van der Waals surface area contributed by atoms with E-state index in [9.17, 15) is 4.79 Å². The molecule has 1 aliphatic heterocycles. The first-order valence-corrected chi connectivity index (χ1v) is 7.44. The number of ether oxygens (including phenoxy) is 1. The molecule has 0 saturated carbocycles. The zero-order chi connectivity index (χ0) is 14.8. The number of aromatic nitrogens is 2. The Bertz CT molecular complexity index is 671. The number of anilines is 2. The average molecular weight is 351 g/mol. The average Bonchev–Trinajstić information content (AvgIpc) is 2.87. The van der Waals surface area contributed by atoms with Gasteiger partial charge in [-0.3, -0.25) is 9.48 Å². The van der Waals surface area contributed by atoms with E-state index in [0.29, 0.717) is 18.9 Å². The van der Waals surface area contributed by atoms with Crippen LogP contribution in [-0.2, 0) is 11.3 Å². The number of nitrogens with two attached hydrogens (primary N) is 1. The summed E-state index contributed by atoms with van der Waals surface area (Å²) in [6, 6.07) is 7.43. The Kier molecular flexibility index (Phi) is 3.83. The summed E-state index contributed by atoms with van der Waals surface area (Å²) in [5.41, 5.74) is 6.38. The molecule has 2 N–H and O–H groups in total. The van der Waals surface area contributed by atoms with Crippen LogP contribution in [0.4, 0.5) is 11.5 Å². The van der Waals surface area contributed by atoms with Gasteiger partial charge >= 0.3 is 0 Å². The maximum Gasteiger partial charge on any atom is 0.265 e. The van der Waals surface area contributed by atoms with Crippen LogP contribution in [0.25, 0.3) is 0 Å². The molecule has 1 aromatic heterocycles. The van der Waals surface area contributed by atoms with E-state index in [1.807, 2.05) is 24.4 Å². The Labute approximate surface area is 130 Å². The number of fused-ring (bicyclic) bond motifs is 1. The van der Waals surface area contributed by atoms with Gasteiger partial charge in [-0.25, -0.2) is 0 Å². The summed E-state index contributed by atoms with van der Waals surface area (Å²) in [6.07, 6.45) is 2.62. The number of nitrogen functional groups attached to an aromatic ring is 1. The van der Waals surface area contributed by atoms with E-state index < -0.39 is 0 Å². The largest absolute Gasteiger partial charge is 0.482 e. The first-order valence-electron chi connectivity index (χ1n) is 6.65. The van der Waals surface area contributed by atoms with Gasteiger partial charge in [-0.15, -0.1) is 0 Å². The second-order valence-electron chi connectivity index (χ2n) is 4.80. The predicted octanol–water partition coefficient (Wildman–Crippen LogP) is 2.04. The number of rotatable bonds is 4. The number of hydrogen-bond donors (Lipinski definition) is 1. The molecule has 2 aromatic rings. The molecule has 0 saturated heterocycles. The molecule has 21 heavy (non-hydrogen) atoms. The molecule has 2 heterocycles. The number of aryl methyl sites for hydroxylation is 1. The van der Waals surface area contributed by atoms with Crippen molar-refractivity contribution in [2.75, 3.05) is 23.8 Å². The minimum absolute atomic E-state index is 0.0272. The number of carbonyl (C=O) groups excluding carboxylic acids is 1. The van der Waals surface area contributed by atoms with Crippen molar-refractivity contribution in [2.24, 2.45) is 0 Å². The van der Waals surface area contributed by atoms with Crippen molar-refractivity contribution in [3.63, 3.8) is 0 Å². The maximum atomic E-state index is 12.1. The molecule has 0 unspecified atom stereocenters. The number of hydrogen-bond acceptors (Lipinski definition) is 4. The van der Waals surface area contributed by atoms with Gasteiger partial charge in [0.2, 0.25) is 0 Å². The first-order chi connectivity index (χ1) is 10.1. The van der Waals surface area contributed by atoms with Crippen molar-refractivity contribution in [1.82, 2.24) is 9.78 Å². The monoisotopic (exact) mass is 350 g/mol. The number of carbonyl (C=O) groups is 1. The minimum atomic E-state index is -0.0272. The van der Waals surface area contributed by atoms with E-state index in [4.69, 9.17) is 10.5 Å². The van der Waals surface area contributed by atoms with Crippen LogP contribution in [0, 0.1) is 0 Å². The summed E-state index contributed by atoms with van der Waals surface area (Å²) < 4.78 is 8.14. The van der Waals surface area contributed by atoms with E-state index in [-0.39, 0.29) is 12.5 Å². The molecule has 1 aromatic carbocycles. The summed E-state index contributed by atoms with van der Waals surface area (Å²) in [5, 5.41) is 4.13. The molecule has 0 aliphatic carbocycles. The van der Waals surface area contributed by atoms with Gasteiger partial charge in [0.1, 0.15) is 11.6 Å². The highest BCUT2D eigenvalue weighted by Gasteiger charge is 2.25. The Morgan fingerprint density at radius 3 is 2.95 bits per heavy atom. The van der Waals surface area contributed by atoms with Gasteiger partial charge in [-0.2, -0.15) is 5.10 Å². The third-order valence-corrected chi connectivity index (χ3v) is 3.79. The highest BCUT2D eigenvalue weighted by Crippen LogP contribution is 2.34. The van der Waals surface area contributed by atoms with E-state index in [1.54, 1.807) is 15.6 Å². The zero-order valence-corrected chi connectivity index (χ0v) is 12.9. The molecular weight excluding hydrogens is 336 g/mol. The molecule has 3 rings (SSSR count). The Hall–Kier alpha value is -2.02. The molecule has 1 aliphatic rings. The molecule has 6 nitrogen and oxygen atoms in total. The molecule has 7 heteroatoms. The lowest BCUT2D eigenvalue weighted by atomic mass is 10.2. The fourth-order valence-corrected chi connectivity index (χ4v) is 2.66. The third kappa shape index (κ3) is 3.02. The van der Waals surface area contributed by atoms with Crippen LogP contribution >= 0.6 is 15.9 Å². The lowest BCUT2D eigenvalue weighted by molar-refractivity contribution is -0.121. The second-order valence-corrected chi connectivity index (χ2v) is 5.72. The van der Waals surface area contributed by atoms with E-state index in [1.165, 1.54) is 0 Å². The highest BCUT2D eigenvalue weighted by atomic mass is 79.9. The fraction of sp³-hybridized carbons (Fsp3) is 0.286. The summed E-state index contributed by atoms with van der Waals surface area (Å²) >= 11 is 3.42. The van der Waals surface area contributed by atoms with E-state index in [2.05, 4.69) is 21.0 Å². The van der Waals surface area contributed by atoms with Crippen LogP contribution in [0.3, 0.4) is 0 Å². The Balaban J connectivity index is 1.70. The SMILES string of the molecule is Nc1ccn(CCCN2C(=O)COc3ccc(Br)cc32)n1. The van der Waals surface area contributed by atoms with Gasteiger partial charge in [0, 0.05) is 23.8 Å². The van der Waals surface area contributed by atoms with E-state index >= 15 is 0 Å². The molecule has 0 fully saturated rings. The molecule has 110 valence electrons. The number of halogens is 1. The third-order valence-electron chi connectivity index (χ3n) is 3.29. The van der Waals surface area contributed by atoms with Crippen LogP contribution in [0.5, 0.6) is 5.75 Å². The van der Waals surface area contributed by atoms with Crippen molar-refractivity contribution in [3.8, 4) is 5.75 Å². The standard InChI is InChI=1S/C14H15BrN4O2/c15-10-2-3-12-11(8-10)19(14(20)9-21-12)6-1-5-18-7-4-13(16)17-18/h2-4,7-8H,1,5-6,9H2,(H2,16,17). The second kappa shape index (κ2) is 5.77. The lowest BCUT2D eigenvalue weighted by Crippen LogP contribution is -2.39. The Morgan fingerprint density at radius 1 is 1.33 bits per heavy atom. The maximum absolute atomic E-state index is 12.1. The van der Waals surface area contributed by atoms with Crippen molar-refractivity contribution in [3.05, 3.63) is 34.9 Å². The van der Waals surface area contributed by atoms with Crippen LogP contribution < -0.4 is 15.4 Å². The lowest BCUT2D eigenvalue weighted by Gasteiger charge is -2.29. The normalized spacial score (nSPS) is 14.0. The number of benzene rings is 1. The van der Waals surface area contributed by atoms with Crippen LogP contribution in [0.2, 0.25) is 0 Å². The summed E-state index contributed by atoms with van der Waals surface area (Å²) in [7, 11) is 0. The van der Waals surface area contributed by atoms with Crippen molar-refractivity contribution in [1.29, 1.82) is 0 Å². The summed E-state index contributed by atoms with van der Waals surface area (Å²) in [4.78, 5) is 13.8. The molecule has 0 radical (unpaired) electrons. The van der Waals surface area contributed by atoms with Crippen LogP contribution in [0.1, 0.15) is 6.42 Å². The fourth-order valence-electron chi connectivity index (χ4n) is 2.31. The first kappa shape index (κ1) is 13.9.